The van der Waals surface area contributed by atoms with Crippen molar-refractivity contribution in [1.29, 1.82) is 0 Å². The maximum absolute atomic E-state index is 6.63. The van der Waals surface area contributed by atoms with Gasteiger partial charge in [-0.05, 0) is 47.0 Å². The molecule has 5 heteroatoms. The van der Waals surface area contributed by atoms with Gasteiger partial charge in [0.1, 0.15) is 11.3 Å². The van der Waals surface area contributed by atoms with Crippen molar-refractivity contribution >= 4 is 28.4 Å². The number of hydrogen-bond donors (Lipinski definition) is 0. The molecule has 0 bridgehead atoms. The van der Waals surface area contributed by atoms with Crippen LogP contribution in [0.25, 0.3) is 62.3 Å². The molecule has 8 aromatic rings. The molecule has 0 amide bonds. The first-order chi connectivity index (χ1) is 24.8. The minimum atomic E-state index is 0.0641. The van der Waals surface area contributed by atoms with Gasteiger partial charge < -0.3 is 9.32 Å². The van der Waals surface area contributed by atoms with Gasteiger partial charge in [-0.25, -0.2) is 15.0 Å². The zero-order valence-electron chi connectivity index (χ0n) is 27.0. The lowest BCUT2D eigenvalue weighted by molar-refractivity contribution is 0.584. The highest BCUT2D eigenvalue weighted by Gasteiger charge is 2.43. The molecule has 0 radical (unpaired) electrons. The molecule has 0 fully saturated rings. The summed E-state index contributed by atoms with van der Waals surface area (Å²) in [6.45, 7) is 0. The molecule has 0 saturated carbocycles. The van der Waals surface area contributed by atoms with E-state index in [0.29, 0.717) is 17.5 Å². The zero-order valence-corrected chi connectivity index (χ0v) is 27.0. The second-order valence-electron chi connectivity index (χ2n) is 12.8. The molecule has 2 unspecified atom stereocenters. The Morgan fingerprint density at radius 2 is 1.08 bits per heavy atom. The Labute approximate surface area is 289 Å². The maximum Gasteiger partial charge on any atom is 0.164 e. The van der Waals surface area contributed by atoms with Crippen LogP contribution in [0, 0.1) is 0 Å². The number of aromatic nitrogens is 3. The Morgan fingerprint density at radius 1 is 0.500 bits per heavy atom. The molecule has 236 valence electrons. The molecule has 2 aliphatic rings. The Balaban J connectivity index is 1.16. The topological polar surface area (TPSA) is 55.1 Å². The van der Waals surface area contributed by atoms with Gasteiger partial charge in [-0.15, -0.1) is 0 Å². The first-order valence-corrected chi connectivity index (χ1v) is 16.9. The summed E-state index contributed by atoms with van der Waals surface area (Å²) in [5.41, 5.74) is 10.8. The summed E-state index contributed by atoms with van der Waals surface area (Å²) in [6.07, 6.45) is 4.43. The van der Waals surface area contributed by atoms with Crippen LogP contribution in [0.5, 0.6) is 0 Å². The SMILES string of the molecule is C1=CC2C(c3ccccc3N2c2ccccc2)c2c1oc1cccc(-c3nc(-c4ccccc4)nc(-c4ccc(-c5ccccc5)cc4)n3)c21. The second kappa shape index (κ2) is 11.5. The second-order valence-corrected chi connectivity index (χ2v) is 12.8. The summed E-state index contributed by atoms with van der Waals surface area (Å²) in [7, 11) is 0. The van der Waals surface area contributed by atoms with Crippen molar-refractivity contribution in [2.45, 2.75) is 12.0 Å². The molecule has 6 aromatic carbocycles. The molecule has 0 saturated heterocycles. The molecule has 2 atom stereocenters. The van der Waals surface area contributed by atoms with Crippen molar-refractivity contribution in [2.75, 3.05) is 4.90 Å². The Morgan fingerprint density at radius 3 is 1.82 bits per heavy atom. The van der Waals surface area contributed by atoms with E-state index >= 15 is 0 Å². The molecule has 0 N–H and O–H groups in total. The smallest absolute Gasteiger partial charge is 0.164 e. The van der Waals surface area contributed by atoms with E-state index in [1.165, 1.54) is 28.1 Å². The van der Waals surface area contributed by atoms with Gasteiger partial charge in [0, 0.05) is 44.9 Å². The molecule has 50 heavy (non-hydrogen) atoms. The molecular formula is C45H30N4O. The maximum atomic E-state index is 6.63. The lowest BCUT2D eigenvalue weighted by Crippen LogP contribution is -2.30. The summed E-state index contributed by atoms with van der Waals surface area (Å²) in [5, 5.41) is 1.04. The van der Waals surface area contributed by atoms with E-state index in [-0.39, 0.29) is 12.0 Å². The van der Waals surface area contributed by atoms with Crippen LogP contribution in [0.4, 0.5) is 11.4 Å². The van der Waals surface area contributed by atoms with E-state index in [0.717, 1.165) is 39.0 Å². The summed E-state index contributed by atoms with van der Waals surface area (Å²) >= 11 is 0. The van der Waals surface area contributed by atoms with E-state index in [2.05, 4.69) is 132 Å². The van der Waals surface area contributed by atoms with E-state index in [4.69, 9.17) is 19.4 Å². The number of para-hydroxylation sites is 2. The summed E-state index contributed by atoms with van der Waals surface area (Å²) in [4.78, 5) is 17.8. The van der Waals surface area contributed by atoms with Crippen LogP contribution < -0.4 is 4.90 Å². The molecule has 0 spiro atoms. The van der Waals surface area contributed by atoms with Crippen LogP contribution in [-0.2, 0) is 0 Å². The molecule has 3 heterocycles. The average molecular weight is 643 g/mol. The molecular weight excluding hydrogens is 613 g/mol. The van der Waals surface area contributed by atoms with E-state index < -0.39 is 0 Å². The van der Waals surface area contributed by atoms with Gasteiger partial charge in [0.25, 0.3) is 0 Å². The van der Waals surface area contributed by atoms with E-state index in [1.54, 1.807) is 0 Å². The van der Waals surface area contributed by atoms with Crippen LogP contribution >= 0.6 is 0 Å². The molecule has 1 aliphatic heterocycles. The molecule has 10 rings (SSSR count). The Bertz CT molecular complexity index is 2540. The summed E-state index contributed by atoms with van der Waals surface area (Å²) < 4.78 is 6.63. The fourth-order valence-electron chi connectivity index (χ4n) is 7.67. The van der Waals surface area contributed by atoms with Crippen molar-refractivity contribution < 1.29 is 4.42 Å². The Hall–Kier alpha value is -6.59. The quantitative estimate of drug-likeness (QED) is 0.187. The average Bonchev–Trinajstić information content (AvgIpc) is 3.75. The highest BCUT2D eigenvalue weighted by atomic mass is 16.3. The van der Waals surface area contributed by atoms with Crippen LogP contribution in [0.15, 0.2) is 168 Å². The first kappa shape index (κ1) is 28.4. The summed E-state index contributed by atoms with van der Waals surface area (Å²) in [6, 6.07) is 54.7. The predicted octanol–water partition coefficient (Wildman–Crippen LogP) is 11.0. The summed E-state index contributed by atoms with van der Waals surface area (Å²) in [5.74, 6) is 2.82. The van der Waals surface area contributed by atoms with Crippen molar-refractivity contribution in [3.63, 3.8) is 0 Å². The number of furan rings is 1. The number of benzene rings is 6. The van der Waals surface area contributed by atoms with Gasteiger partial charge in [0.05, 0.1) is 6.04 Å². The van der Waals surface area contributed by atoms with Crippen molar-refractivity contribution in [3.8, 4) is 45.3 Å². The minimum absolute atomic E-state index is 0.0641. The number of anilines is 2. The first-order valence-electron chi connectivity index (χ1n) is 16.9. The molecule has 1 aliphatic carbocycles. The van der Waals surface area contributed by atoms with Crippen LogP contribution in [-0.4, -0.2) is 21.0 Å². The number of fused-ring (bicyclic) bond motifs is 7. The van der Waals surface area contributed by atoms with Crippen molar-refractivity contribution in [2.24, 2.45) is 0 Å². The zero-order chi connectivity index (χ0) is 33.0. The number of nitrogens with zero attached hydrogens (tertiary/aromatic N) is 4. The van der Waals surface area contributed by atoms with Crippen LogP contribution in [0.3, 0.4) is 0 Å². The third-order valence-electron chi connectivity index (χ3n) is 9.90. The molecule has 5 nitrogen and oxygen atoms in total. The van der Waals surface area contributed by atoms with Crippen molar-refractivity contribution in [3.05, 3.63) is 181 Å². The van der Waals surface area contributed by atoms with E-state index in [9.17, 15) is 0 Å². The van der Waals surface area contributed by atoms with Gasteiger partial charge in [0.2, 0.25) is 0 Å². The third kappa shape index (κ3) is 4.59. The van der Waals surface area contributed by atoms with Crippen LogP contribution in [0.1, 0.15) is 22.8 Å². The normalized spacial score (nSPS) is 15.9. The lowest BCUT2D eigenvalue weighted by Gasteiger charge is -2.30. The fourth-order valence-corrected chi connectivity index (χ4v) is 7.67. The monoisotopic (exact) mass is 642 g/mol. The fraction of sp³-hybridized carbons (Fsp3) is 0.0444. The van der Waals surface area contributed by atoms with Crippen LogP contribution in [0.2, 0.25) is 0 Å². The largest absolute Gasteiger partial charge is 0.456 e. The minimum Gasteiger partial charge on any atom is -0.456 e. The van der Waals surface area contributed by atoms with Gasteiger partial charge in [-0.2, -0.15) is 0 Å². The highest BCUT2D eigenvalue weighted by Crippen LogP contribution is 2.54. The number of rotatable bonds is 5. The van der Waals surface area contributed by atoms with Crippen molar-refractivity contribution in [1.82, 2.24) is 15.0 Å². The standard InChI is InChI=1S/C45H30N4O/c1-4-13-29(14-5-1)30-23-25-32(26-24-30)44-46-43(31-15-6-2-7-16-31)47-45(48-44)35-20-12-22-38-41(35)42-39(50-38)28-27-37-40(42)34-19-10-11-21-36(34)49(37)33-17-8-3-9-18-33/h1-28,37,40H. The number of hydrogen-bond acceptors (Lipinski definition) is 5. The van der Waals surface area contributed by atoms with Gasteiger partial charge in [0.15, 0.2) is 17.5 Å². The van der Waals surface area contributed by atoms with E-state index in [1.807, 2.05) is 42.5 Å². The third-order valence-corrected chi connectivity index (χ3v) is 9.90. The van der Waals surface area contributed by atoms with Gasteiger partial charge >= 0.3 is 0 Å². The Kier molecular flexibility index (Phi) is 6.56. The van der Waals surface area contributed by atoms with Gasteiger partial charge in [-0.3, -0.25) is 0 Å². The van der Waals surface area contributed by atoms with Gasteiger partial charge in [-0.1, -0.05) is 140 Å². The lowest BCUT2D eigenvalue weighted by atomic mass is 9.82. The highest BCUT2D eigenvalue weighted by molar-refractivity contribution is 5.99. The predicted molar refractivity (Wildman–Crippen MR) is 201 cm³/mol. The molecule has 2 aromatic heterocycles.